The first-order chi connectivity index (χ1) is 11.1. The van der Waals surface area contributed by atoms with Crippen LogP contribution in [-0.2, 0) is 23.8 Å². The lowest BCUT2D eigenvalue weighted by Crippen LogP contribution is -2.58. The molecular formula is C17H29NO6. The largest absolute Gasteiger partial charge is 0.465 e. The molecule has 1 saturated heterocycles. The third kappa shape index (κ3) is 5.11. The maximum atomic E-state index is 12.2. The van der Waals surface area contributed by atoms with Crippen molar-refractivity contribution in [3.63, 3.8) is 0 Å². The van der Waals surface area contributed by atoms with Crippen molar-refractivity contribution in [2.24, 2.45) is 11.8 Å². The van der Waals surface area contributed by atoms with Crippen LogP contribution in [-0.4, -0.2) is 54.3 Å². The summed E-state index contributed by atoms with van der Waals surface area (Å²) >= 11 is 0. The van der Waals surface area contributed by atoms with Crippen LogP contribution >= 0.6 is 0 Å². The number of likely N-dealkylation sites (tertiary alicyclic amines) is 1. The highest BCUT2D eigenvalue weighted by atomic mass is 16.6. The molecule has 1 amide bonds. The Bertz CT molecular complexity index is 452. The van der Waals surface area contributed by atoms with Gasteiger partial charge in [0.25, 0.3) is 0 Å². The van der Waals surface area contributed by atoms with E-state index >= 15 is 0 Å². The Balaban J connectivity index is 2.85. The van der Waals surface area contributed by atoms with E-state index in [9.17, 15) is 14.4 Å². The summed E-state index contributed by atoms with van der Waals surface area (Å²) in [5.41, 5.74) is -0.595. The first-order valence-corrected chi connectivity index (χ1v) is 8.45. The van der Waals surface area contributed by atoms with E-state index in [1.165, 1.54) is 0 Å². The van der Waals surface area contributed by atoms with E-state index in [0.29, 0.717) is 13.0 Å². The number of hydrogen-bond donors (Lipinski definition) is 0. The van der Waals surface area contributed by atoms with Crippen molar-refractivity contribution < 1.29 is 28.6 Å². The number of ether oxygens (including phenoxy) is 3. The van der Waals surface area contributed by atoms with Gasteiger partial charge in [0.1, 0.15) is 5.60 Å². The van der Waals surface area contributed by atoms with Gasteiger partial charge in [-0.05, 0) is 41.0 Å². The van der Waals surface area contributed by atoms with Crippen LogP contribution in [0.4, 0.5) is 4.79 Å². The monoisotopic (exact) mass is 343 g/mol. The predicted octanol–water partition coefficient (Wildman–Crippen LogP) is 2.37. The van der Waals surface area contributed by atoms with Gasteiger partial charge in [-0.2, -0.15) is 0 Å². The molecule has 24 heavy (non-hydrogen) atoms. The fourth-order valence-corrected chi connectivity index (χ4v) is 2.71. The first kappa shape index (κ1) is 20.3. The van der Waals surface area contributed by atoms with E-state index in [0.717, 1.165) is 0 Å². The third-order valence-corrected chi connectivity index (χ3v) is 3.91. The second-order valence-corrected chi connectivity index (χ2v) is 6.87. The number of nitrogens with zero attached hydrogens (tertiary/aromatic N) is 1. The Kier molecular flexibility index (Phi) is 7.05. The Morgan fingerprint density at radius 3 is 1.92 bits per heavy atom. The summed E-state index contributed by atoms with van der Waals surface area (Å²) in [5, 5.41) is 0. The average molecular weight is 343 g/mol. The quantitative estimate of drug-likeness (QED) is 0.418. The maximum absolute atomic E-state index is 12.2. The van der Waals surface area contributed by atoms with E-state index in [-0.39, 0.29) is 19.3 Å². The molecule has 1 aliphatic heterocycles. The Labute approximate surface area is 143 Å². The number of hydrogen-bond acceptors (Lipinski definition) is 6. The number of rotatable bonds is 6. The number of esters is 2. The van der Waals surface area contributed by atoms with E-state index in [4.69, 9.17) is 14.2 Å². The molecule has 0 aromatic rings. The molecule has 2 unspecified atom stereocenters. The highest BCUT2D eigenvalue weighted by Gasteiger charge is 2.46. The highest BCUT2D eigenvalue weighted by Crippen LogP contribution is 2.32. The van der Waals surface area contributed by atoms with Crippen LogP contribution in [0.3, 0.4) is 0 Å². The number of carbonyl (C=O) groups is 3. The van der Waals surface area contributed by atoms with Gasteiger partial charge in [-0.3, -0.25) is 9.59 Å². The molecule has 0 radical (unpaired) electrons. The zero-order valence-corrected chi connectivity index (χ0v) is 15.5. The third-order valence-electron chi connectivity index (χ3n) is 3.91. The molecule has 138 valence electrons. The van der Waals surface area contributed by atoms with Gasteiger partial charge in [0.05, 0.1) is 13.2 Å². The van der Waals surface area contributed by atoms with Gasteiger partial charge < -0.3 is 19.1 Å². The zero-order valence-electron chi connectivity index (χ0n) is 15.5. The summed E-state index contributed by atoms with van der Waals surface area (Å²) < 4.78 is 15.4. The Hall–Kier alpha value is -1.79. The van der Waals surface area contributed by atoms with Gasteiger partial charge in [0.2, 0.25) is 0 Å². The van der Waals surface area contributed by atoms with Gasteiger partial charge >= 0.3 is 18.0 Å². The zero-order chi connectivity index (χ0) is 18.5. The van der Waals surface area contributed by atoms with Crippen LogP contribution in [0, 0.1) is 11.8 Å². The maximum Gasteiger partial charge on any atom is 0.410 e. The minimum Gasteiger partial charge on any atom is -0.465 e. The van der Waals surface area contributed by atoms with Gasteiger partial charge in [-0.25, -0.2) is 4.79 Å². The lowest BCUT2D eigenvalue weighted by atomic mass is 9.81. The van der Waals surface area contributed by atoms with E-state index in [1.807, 2.05) is 0 Å². The summed E-state index contributed by atoms with van der Waals surface area (Å²) in [6.07, 6.45) is 0.271. The summed E-state index contributed by atoms with van der Waals surface area (Å²) in [6.45, 7) is 11.4. The predicted molar refractivity (Wildman–Crippen MR) is 87.3 cm³/mol. The molecule has 2 atom stereocenters. The molecule has 0 aliphatic carbocycles. The number of amides is 1. The molecule has 0 bridgehead atoms. The minimum atomic E-state index is -1.04. The van der Waals surface area contributed by atoms with Gasteiger partial charge in [0, 0.05) is 18.5 Å². The highest BCUT2D eigenvalue weighted by molar-refractivity contribution is 5.95. The molecule has 0 aromatic heterocycles. The lowest BCUT2D eigenvalue weighted by Gasteiger charge is -2.45. The Morgan fingerprint density at radius 2 is 1.58 bits per heavy atom. The van der Waals surface area contributed by atoms with Crippen LogP contribution in [0.1, 0.15) is 48.0 Å². The van der Waals surface area contributed by atoms with Crippen LogP contribution in [0.5, 0.6) is 0 Å². The molecule has 1 fully saturated rings. The van der Waals surface area contributed by atoms with Crippen molar-refractivity contribution in [2.75, 3.05) is 19.8 Å². The van der Waals surface area contributed by atoms with E-state index in [2.05, 4.69) is 0 Å². The van der Waals surface area contributed by atoms with Crippen LogP contribution in [0.25, 0.3) is 0 Å². The molecule has 1 heterocycles. The second-order valence-electron chi connectivity index (χ2n) is 6.87. The molecular weight excluding hydrogens is 314 g/mol. The van der Waals surface area contributed by atoms with Crippen molar-refractivity contribution in [1.82, 2.24) is 4.90 Å². The first-order valence-electron chi connectivity index (χ1n) is 8.45. The minimum absolute atomic E-state index is 0.182. The molecule has 1 aliphatic rings. The number of carbonyl (C=O) groups excluding carboxylic acids is 3. The fraction of sp³-hybridized carbons (Fsp3) is 0.824. The summed E-state index contributed by atoms with van der Waals surface area (Å²) in [4.78, 5) is 38.2. The average Bonchev–Trinajstić information content (AvgIpc) is 2.35. The fourth-order valence-electron chi connectivity index (χ4n) is 2.71. The summed E-state index contributed by atoms with van der Waals surface area (Å²) in [6, 6.07) is -0.251. The van der Waals surface area contributed by atoms with E-state index in [1.54, 1.807) is 46.4 Å². The van der Waals surface area contributed by atoms with E-state index < -0.39 is 35.5 Å². The lowest BCUT2D eigenvalue weighted by molar-refractivity contribution is -0.166. The van der Waals surface area contributed by atoms with Crippen molar-refractivity contribution in [1.29, 1.82) is 0 Å². The molecule has 1 rings (SSSR count). The molecule has 7 heteroatoms. The van der Waals surface area contributed by atoms with Crippen molar-refractivity contribution in [2.45, 2.75) is 59.6 Å². The standard InChI is InChI=1S/C17H29NO6/c1-7-22-14(19)13(15(20)23-8-2)11(3)12-9-10-18(12)16(21)24-17(4,5)6/h11-13H,7-10H2,1-6H3. The van der Waals surface area contributed by atoms with Crippen molar-refractivity contribution in [3.8, 4) is 0 Å². The van der Waals surface area contributed by atoms with Gasteiger partial charge in [-0.1, -0.05) is 6.92 Å². The van der Waals surface area contributed by atoms with Crippen LogP contribution in [0.2, 0.25) is 0 Å². The SMILES string of the molecule is CCOC(=O)C(C(=O)OCC)C(C)C1CCN1C(=O)OC(C)(C)C. The van der Waals surface area contributed by atoms with Crippen LogP contribution < -0.4 is 0 Å². The summed E-state index contributed by atoms with van der Waals surface area (Å²) in [7, 11) is 0. The normalized spacial score (nSPS) is 18.6. The van der Waals surface area contributed by atoms with Crippen molar-refractivity contribution >= 4 is 18.0 Å². The smallest absolute Gasteiger partial charge is 0.410 e. The molecule has 7 nitrogen and oxygen atoms in total. The topological polar surface area (TPSA) is 82.1 Å². The van der Waals surface area contributed by atoms with Gasteiger partial charge in [0.15, 0.2) is 5.92 Å². The molecule has 0 saturated carbocycles. The molecule has 0 N–H and O–H groups in total. The molecule has 0 spiro atoms. The molecule has 0 aromatic carbocycles. The Morgan fingerprint density at radius 1 is 1.08 bits per heavy atom. The van der Waals surface area contributed by atoms with Crippen LogP contribution in [0.15, 0.2) is 0 Å². The van der Waals surface area contributed by atoms with Crippen molar-refractivity contribution in [3.05, 3.63) is 0 Å². The second kappa shape index (κ2) is 8.35. The van der Waals surface area contributed by atoms with Gasteiger partial charge in [-0.15, -0.1) is 0 Å². The summed E-state index contributed by atoms with van der Waals surface area (Å²) in [5.74, 6) is -2.68.